The molecule has 3 atom stereocenters. The normalized spacial score (nSPS) is 40.6. The molecule has 1 aliphatic carbocycles. The van der Waals surface area contributed by atoms with Crippen molar-refractivity contribution in [3.05, 3.63) is 12.2 Å². The van der Waals surface area contributed by atoms with Gasteiger partial charge in [0.2, 0.25) is 0 Å². The Kier molecular flexibility index (Phi) is 2.19. The average Bonchev–Trinajstić information content (AvgIpc) is 2.09. The lowest BCUT2D eigenvalue weighted by Crippen LogP contribution is -2.09. The van der Waals surface area contributed by atoms with Gasteiger partial charge in [-0.1, -0.05) is 25.5 Å². The van der Waals surface area contributed by atoms with E-state index in [1.165, 1.54) is 12.0 Å². The molecule has 1 rings (SSSR count). The Morgan fingerprint density at radius 3 is 2.60 bits per heavy atom. The van der Waals surface area contributed by atoms with Gasteiger partial charge in [-0.05, 0) is 11.7 Å². The van der Waals surface area contributed by atoms with Gasteiger partial charge in [-0.15, -0.1) is 0 Å². The maximum atomic E-state index is 8.96. The molecule has 2 heteroatoms. The third-order valence-electron chi connectivity index (χ3n) is 2.72. The summed E-state index contributed by atoms with van der Waals surface area (Å²) in [7, 11) is 2.19. The molecule has 0 bridgehead atoms. The van der Waals surface area contributed by atoms with Gasteiger partial charge in [0.1, 0.15) is 7.85 Å². The first-order valence-corrected chi connectivity index (χ1v) is 3.96. The molecule has 1 aliphatic rings. The highest BCUT2D eigenvalue weighted by Gasteiger charge is 2.31. The minimum Gasteiger partial charge on any atom is -0.396 e. The van der Waals surface area contributed by atoms with Gasteiger partial charge in [0.25, 0.3) is 0 Å². The quantitative estimate of drug-likeness (QED) is 0.415. The highest BCUT2D eigenvalue weighted by molar-refractivity contribution is 6.13. The van der Waals surface area contributed by atoms with E-state index in [1.807, 2.05) is 0 Å². The lowest BCUT2D eigenvalue weighted by Gasteiger charge is -2.12. The largest absolute Gasteiger partial charge is 0.396 e. The molecule has 1 fully saturated rings. The van der Waals surface area contributed by atoms with Crippen molar-refractivity contribution in [3.8, 4) is 0 Å². The Hall–Kier alpha value is -0.235. The molecule has 56 valence electrons. The van der Waals surface area contributed by atoms with Crippen molar-refractivity contribution in [2.24, 2.45) is 11.8 Å². The summed E-state index contributed by atoms with van der Waals surface area (Å²) in [5.41, 5.74) is 1.25. The standard InChI is InChI=1S/C8H15BO/c1-5-3-8(9)6(2)7(5)4-10/h5,7-8,10H,2-4,9H2,1H3/t5-,7+,8-/m0/s1. The summed E-state index contributed by atoms with van der Waals surface area (Å²) in [4.78, 5) is 0. The number of aliphatic hydroxyl groups is 1. The fourth-order valence-electron chi connectivity index (χ4n) is 1.90. The molecule has 0 amide bonds. The van der Waals surface area contributed by atoms with E-state index in [0.29, 0.717) is 17.7 Å². The molecular formula is C8H15BO. The molecule has 1 nitrogen and oxygen atoms in total. The summed E-state index contributed by atoms with van der Waals surface area (Å²) in [6, 6.07) is 0. The maximum absolute atomic E-state index is 8.96. The van der Waals surface area contributed by atoms with E-state index in [9.17, 15) is 0 Å². The van der Waals surface area contributed by atoms with Crippen LogP contribution in [-0.4, -0.2) is 19.6 Å². The van der Waals surface area contributed by atoms with E-state index in [4.69, 9.17) is 5.11 Å². The molecule has 10 heavy (non-hydrogen) atoms. The summed E-state index contributed by atoms with van der Waals surface area (Å²) in [6.07, 6.45) is 1.20. The molecule has 0 radical (unpaired) electrons. The van der Waals surface area contributed by atoms with Gasteiger partial charge in [0.15, 0.2) is 0 Å². The SMILES string of the molecule is B[C@H]1C[C@H](C)[C@@H](CO)C1=C. The third-order valence-corrected chi connectivity index (χ3v) is 2.72. The first-order chi connectivity index (χ1) is 4.66. The molecule has 0 aromatic heterocycles. The van der Waals surface area contributed by atoms with E-state index in [1.54, 1.807) is 0 Å². The fourth-order valence-corrected chi connectivity index (χ4v) is 1.90. The summed E-state index contributed by atoms with van der Waals surface area (Å²) < 4.78 is 0. The van der Waals surface area contributed by atoms with Crippen LogP contribution in [0.2, 0.25) is 5.82 Å². The van der Waals surface area contributed by atoms with E-state index in [-0.39, 0.29) is 6.61 Å². The Morgan fingerprint density at radius 1 is 1.80 bits per heavy atom. The van der Waals surface area contributed by atoms with Crippen LogP contribution < -0.4 is 0 Å². The summed E-state index contributed by atoms with van der Waals surface area (Å²) in [5.74, 6) is 1.62. The Morgan fingerprint density at radius 2 is 2.40 bits per heavy atom. The van der Waals surface area contributed by atoms with Crippen molar-refractivity contribution >= 4 is 7.85 Å². The second-order valence-electron chi connectivity index (χ2n) is 3.48. The zero-order chi connectivity index (χ0) is 7.72. The Balaban J connectivity index is 2.64. The molecule has 0 heterocycles. The molecule has 0 aromatic carbocycles. The van der Waals surface area contributed by atoms with Gasteiger partial charge in [-0.2, -0.15) is 0 Å². The van der Waals surface area contributed by atoms with Crippen LogP contribution in [0.5, 0.6) is 0 Å². The summed E-state index contributed by atoms with van der Waals surface area (Å²) >= 11 is 0. The van der Waals surface area contributed by atoms with Gasteiger partial charge in [0.05, 0.1) is 0 Å². The monoisotopic (exact) mass is 138 g/mol. The zero-order valence-corrected chi connectivity index (χ0v) is 6.80. The predicted octanol–water partition coefficient (Wildman–Crippen LogP) is 0.612. The minimum absolute atomic E-state index is 0.282. The van der Waals surface area contributed by atoms with Crippen molar-refractivity contribution in [2.75, 3.05) is 6.61 Å². The minimum atomic E-state index is 0.282. The summed E-state index contributed by atoms with van der Waals surface area (Å²) in [5, 5.41) is 8.96. The molecule has 1 saturated carbocycles. The van der Waals surface area contributed by atoms with Crippen LogP contribution in [0.1, 0.15) is 13.3 Å². The van der Waals surface area contributed by atoms with Crippen molar-refractivity contribution in [1.29, 1.82) is 0 Å². The lowest BCUT2D eigenvalue weighted by molar-refractivity contribution is 0.222. The molecule has 0 unspecified atom stereocenters. The van der Waals surface area contributed by atoms with Crippen LogP contribution >= 0.6 is 0 Å². The second kappa shape index (κ2) is 2.79. The van der Waals surface area contributed by atoms with Crippen LogP contribution in [0.4, 0.5) is 0 Å². The van der Waals surface area contributed by atoms with Gasteiger partial charge < -0.3 is 5.11 Å². The number of aliphatic hydroxyl groups excluding tert-OH is 1. The zero-order valence-electron chi connectivity index (χ0n) is 6.80. The molecule has 0 spiro atoms. The van der Waals surface area contributed by atoms with Crippen LogP contribution in [0, 0.1) is 11.8 Å². The van der Waals surface area contributed by atoms with Crippen molar-refractivity contribution in [2.45, 2.75) is 19.2 Å². The highest BCUT2D eigenvalue weighted by atomic mass is 16.3. The topological polar surface area (TPSA) is 20.2 Å². The second-order valence-corrected chi connectivity index (χ2v) is 3.48. The molecule has 1 N–H and O–H groups in total. The van der Waals surface area contributed by atoms with Gasteiger partial charge >= 0.3 is 0 Å². The molecule has 0 aliphatic heterocycles. The Bertz CT molecular complexity index is 144. The van der Waals surface area contributed by atoms with Crippen molar-refractivity contribution in [3.63, 3.8) is 0 Å². The number of hydrogen-bond acceptors (Lipinski definition) is 1. The molecule has 0 aromatic rings. The van der Waals surface area contributed by atoms with E-state index in [2.05, 4.69) is 21.3 Å². The van der Waals surface area contributed by atoms with Crippen molar-refractivity contribution < 1.29 is 5.11 Å². The number of rotatable bonds is 1. The van der Waals surface area contributed by atoms with Crippen LogP contribution in [0.15, 0.2) is 12.2 Å². The van der Waals surface area contributed by atoms with E-state index >= 15 is 0 Å². The van der Waals surface area contributed by atoms with Crippen LogP contribution in [0.25, 0.3) is 0 Å². The third kappa shape index (κ3) is 1.13. The van der Waals surface area contributed by atoms with Gasteiger partial charge in [-0.25, -0.2) is 0 Å². The van der Waals surface area contributed by atoms with Gasteiger partial charge in [-0.3, -0.25) is 0 Å². The lowest BCUT2D eigenvalue weighted by atomic mass is 9.82. The van der Waals surface area contributed by atoms with E-state index in [0.717, 1.165) is 0 Å². The highest BCUT2D eigenvalue weighted by Crippen LogP contribution is 2.41. The first kappa shape index (κ1) is 7.87. The average molecular weight is 138 g/mol. The Labute approximate surface area is 63.5 Å². The summed E-state index contributed by atoms with van der Waals surface area (Å²) in [6.45, 7) is 6.45. The molecule has 0 saturated heterocycles. The van der Waals surface area contributed by atoms with E-state index < -0.39 is 0 Å². The molecular weight excluding hydrogens is 123 g/mol. The fraction of sp³-hybridized carbons (Fsp3) is 0.750. The smallest absolute Gasteiger partial charge is 0.110 e. The maximum Gasteiger partial charge on any atom is 0.110 e. The predicted molar refractivity (Wildman–Crippen MR) is 45.8 cm³/mol. The first-order valence-electron chi connectivity index (χ1n) is 3.96. The number of hydrogen-bond donors (Lipinski definition) is 1. The van der Waals surface area contributed by atoms with Gasteiger partial charge in [0, 0.05) is 12.5 Å². The van der Waals surface area contributed by atoms with Crippen LogP contribution in [-0.2, 0) is 0 Å². The van der Waals surface area contributed by atoms with Crippen molar-refractivity contribution in [1.82, 2.24) is 0 Å². The van der Waals surface area contributed by atoms with Crippen LogP contribution in [0.3, 0.4) is 0 Å².